The minimum Gasteiger partial charge on any atom is -0.472 e. The summed E-state index contributed by atoms with van der Waals surface area (Å²) in [6.07, 6.45) is 2.13. The van der Waals surface area contributed by atoms with Gasteiger partial charge in [0.1, 0.15) is 5.60 Å². The van der Waals surface area contributed by atoms with Crippen LogP contribution in [0.1, 0.15) is 32.9 Å². The van der Waals surface area contributed by atoms with Crippen LogP contribution in [-0.4, -0.2) is 48.3 Å². The Morgan fingerprint density at radius 1 is 1.25 bits per heavy atom. The quantitative estimate of drug-likeness (QED) is 0.829. The van der Waals surface area contributed by atoms with Crippen LogP contribution in [0.25, 0.3) is 0 Å². The van der Waals surface area contributed by atoms with Crippen molar-refractivity contribution in [2.24, 2.45) is 0 Å². The number of nitrogens with zero attached hydrogens (tertiary/aromatic N) is 2. The summed E-state index contributed by atoms with van der Waals surface area (Å²) in [5, 5.41) is 0. The lowest BCUT2D eigenvalue weighted by atomic mass is 10.2. The topological polar surface area (TPSA) is 34.6 Å². The fraction of sp³-hybridized carbons (Fsp3) is 0.688. The average molecular weight is 278 g/mol. The van der Waals surface area contributed by atoms with Crippen LogP contribution < -0.4 is 4.74 Å². The Morgan fingerprint density at radius 3 is 2.70 bits per heavy atom. The van der Waals surface area contributed by atoms with Crippen LogP contribution >= 0.6 is 0 Å². The highest BCUT2D eigenvalue weighted by Gasteiger charge is 2.13. The van der Waals surface area contributed by atoms with Crippen molar-refractivity contribution in [1.29, 1.82) is 0 Å². The van der Waals surface area contributed by atoms with Crippen LogP contribution in [0.4, 0.5) is 0 Å². The van der Waals surface area contributed by atoms with Crippen LogP contribution in [0.5, 0.6) is 5.88 Å². The standard InChI is InChI=1S/C16H26N2O2/c1-16(2,3)20-15-8-4-6-14(17-15)7-5-9-18-10-12-19-13-11-18/h4,6,8H,5,7,9-13H2,1-3H3. The summed E-state index contributed by atoms with van der Waals surface area (Å²) in [7, 11) is 0. The number of hydrogen-bond donors (Lipinski definition) is 0. The highest BCUT2D eigenvalue weighted by Crippen LogP contribution is 2.16. The second-order valence-corrected chi connectivity index (χ2v) is 6.24. The molecule has 1 saturated heterocycles. The molecule has 1 aliphatic rings. The molecule has 4 nitrogen and oxygen atoms in total. The number of aryl methyl sites for hydroxylation is 1. The maximum Gasteiger partial charge on any atom is 0.213 e. The highest BCUT2D eigenvalue weighted by molar-refractivity contribution is 5.16. The van der Waals surface area contributed by atoms with E-state index < -0.39 is 0 Å². The predicted octanol–water partition coefficient (Wildman–Crippen LogP) is 2.52. The van der Waals surface area contributed by atoms with Crippen molar-refractivity contribution in [2.45, 2.75) is 39.2 Å². The van der Waals surface area contributed by atoms with Crippen molar-refractivity contribution in [2.75, 3.05) is 32.8 Å². The van der Waals surface area contributed by atoms with Crippen LogP contribution in [0.15, 0.2) is 18.2 Å². The molecule has 1 aliphatic heterocycles. The summed E-state index contributed by atoms with van der Waals surface area (Å²) in [6, 6.07) is 6.03. The molecule has 0 bridgehead atoms. The molecule has 4 heteroatoms. The van der Waals surface area contributed by atoms with E-state index in [9.17, 15) is 0 Å². The van der Waals surface area contributed by atoms with Gasteiger partial charge in [-0.1, -0.05) is 6.07 Å². The molecular weight excluding hydrogens is 252 g/mol. The van der Waals surface area contributed by atoms with Crippen molar-refractivity contribution in [3.63, 3.8) is 0 Å². The van der Waals surface area contributed by atoms with Crippen LogP contribution in [0.2, 0.25) is 0 Å². The van der Waals surface area contributed by atoms with Gasteiger partial charge in [0.25, 0.3) is 0 Å². The minimum atomic E-state index is -0.195. The Morgan fingerprint density at radius 2 is 2.00 bits per heavy atom. The Kier molecular flexibility index (Phi) is 5.38. The molecule has 1 aromatic heterocycles. The molecule has 0 N–H and O–H groups in total. The number of aromatic nitrogens is 1. The first-order valence-corrected chi connectivity index (χ1v) is 7.48. The molecule has 112 valence electrons. The van der Waals surface area contributed by atoms with Crippen molar-refractivity contribution >= 4 is 0 Å². The fourth-order valence-electron chi connectivity index (χ4n) is 2.28. The number of morpholine rings is 1. The molecule has 2 heterocycles. The molecule has 0 amide bonds. The molecule has 20 heavy (non-hydrogen) atoms. The van der Waals surface area contributed by atoms with E-state index in [0.717, 1.165) is 57.3 Å². The molecule has 0 aliphatic carbocycles. The lowest BCUT2D eigenvalue weighted by Gasteiger charge is -2.26. The highest BCUT2D eigenvalue weighted by atomic mass is 16.5. The van der Waals surface area contributed by atoms with Gasteiger partial charge in [-0.15, -0.1) is 0 Å². The van der Waals surface area contributed by atoms with Crippen LogP contribution in [0, 0.1) is 0 Å². The van der Waals surface area contributed by atoms with Gasteiger partial charge in [-0.05, 0) is 46.2 Å². The van der Waals surface area contributed by atoms with E-state index in [1.165, 1.54) is 0 Å². The second kappa shape index (κ2) is 7.04. The third-order valence-corrected chi connectivity index (χ3v) is 3.20. The van der Waals surface area contributed by atoms with Gasteiger partial charge in [-0.3, -0.25) is 4.90 Å². The van der Waals surface area contributed by atoms with Gasteiger partial charge in [0.15, 0.2) is 0 Å². The molecule has 0 aromatic carbocycles. The van der Waals surface area contributed by atoms with Crippen molar-refractivity contribution in [3.8, 4) is 5.88 Å². The van der Waals surface area contributed by atoms with Crippen molar-refractivity contribution in [3.05, 3.63) is 23.9 Å². The number of pyridine rings is 1. The fourth-order valence-corrected chi connectivity index (χ4v) is 2.28. The lowest BCUT2D eigenvalue weighted by Crippen LogP contribution is -2.36. The minimum absolute atomic E-state index is 0.195. The smallest absolute Gasteiger partial charge is 0.213 e. The SMILES string of the molecule is CC(C)(C)Oc1cccc(CCCN2CCOCC2)n1. The summed E-state index contributed by atoms with van der Waals surface area (Å²) in [5.74, 6) is 0.723. The number of hydrogen-bond acceptors (Lipinski definition) is 4. The van der Waals surface area contributed by atoms with Gasteiger partial charge in [0.05, 0.1) is 13.2 Å². The summed E-state index contributed by atoms with van der Waals surface area (Å²) >= 11 is 0. The predicted molar refractivity (Wildman–Crippen MR) is 80.2 cm³/mol. The Hall–Kier alpha value is -1.13. The van der Waals surface area contributed by atoms with Crippen LogP contribution in [0.3, 0.4) is 0 Å². The zero-order valence-corrected chi connectivity index (χ0v) is 12.9. The van der Waals surface area contributed by atoms with E-state index in [4.69, 9.17) is 9.47 Å². The van der Waals surface area contributed by atoms with E-state index >= 15 is 0 Å². The van der Waals surface area contributed by atoms with E-state index in [2.05, 4.69) is 16.0 Å². The van der Waals surface area contributed by atoms with Gasteiger partial charge in [-0.2, -0.15) is 0 Å². The monoisotopic (exact) mass is 278 g/mol. The Labute approximate surface area is 122 Å². The average Bonchev–Trinajstić information content (AvgIpc) is 2.38. The third-order valence-electron chi connectivity index (χ3n) is 3.20. The molecule has 0 saturated carbocycles. The van der Waals surface area contributed by atoms with Crippen molar-refractivity contribution in [1.82, 2.24) is 9.88 Å². The Balaban J connectivity index is 1.79. The summed E-state index contributed by atoms with van der Waals surface area (Å²) in [4.78, 5) is 7.03. The molecule has 1 fully saturated rings. The van der Waals surface area contributed by atoms with Gasteiger partial charge in [0.2, 0.25) is 5.88 Å². The zero-order valence-electron chi connectivity index (χ0n) is 12.9. The summed E-state index contributed by atoms with van der Waals surface area (Å²) in [5.41, 5.74) is 0.916. The van der Waals surface area contributed by atoms with E-state index in [0.29, 0.717) is 0 Å². The summed E-state index contributed by atoms with van der Waals surface area (Å²) < 4.78 is 11.2. The molecule has 0 atom stereocenters. The molecule has 0 unspecified atom stereocenters. The van der Waals surface area contributed by atoms with Crippen molar-refractivity contribution < 1.29 is 9.47 Å². The maximum absolute atomic E-state index is 5.80. The Bertz CT molecular complexity index is 409. The van der Waals surface area contributed by atoms with Gasteiger partial charge in [0, 0.05) is 24.8 Å². The molecule has 2 rings (SSSR count). The van der Waals surface area contributed by atoms with Crippen LogP contribution in [-0.2, 0) is 11.2 Å². The normalized spacial score (nSPS) is 17.1. The largest absolute Gasteiger partial charge is 0.472 e. The summed E-state index contributed by atoms with van der Waals surface area (Å²) in [6.45, 7) is 11.1. The van der Waals surface area contributed by atoms with E-state index in [1.54, 1.807) is 0 Å². The first-order valence-electron chi connectivity index (χ1n) is 7.48. The lowest BCUT2D eigenvalue weighted by molar-refractivity contribution is 0.0374. The number of ether oxygens (including phenoxy) is 2. The van der Waals surface area contributed by atoms with E-state index in [1.807, 2.05) is 32.9 Å². The second-order valence-electron chi connectivity index (χ2n) is 6.24. The van der Waals surface area contributed by atoms with E-state index in [-0.39, 0.29) is 5.60 Å². The van der Waals surface area contributed by atoms with Gasteiger partial charge < -0.3 is 9.47 Å². The van der Waals surface area contributed by atoms with Gasteiger partial charge >= 0.3 is 0 Å². The third kappa shape index (κ3) is 5.47. The zero-order chi connectivity index (χ0) is 14.4. The first kappa shape index (κ1) is 15.3. The number of rotatable bonds is 5. The first-order chi connectivity index (χ1) is 9.53. The molecular formula is C16H26N2O2. The van der Waals surface area contributed by atoms with Gasteiger partial charge in [-0.25, -0.2) is 4.98 Å². The molecule has 1 aromatic rings. The maximum atomic E-state index is 5.80. The molecule has 0 radical (unpaired) electrons. The molecule has 0 spiro atoms.